The number of aromatic nitrogens is 2. The maximum atomic E-state index is 13.8. The fourth-order valence-electron chi connectivity index (χ4n) is 4.12. The molecule has 0 aliphatic carbocycles. The van der Waals surface area contributed by atoms with Crippen LogP contribution >= 0.6 is 0 Å². The van der Waals surface area contributed by atoms with Gasteiger partial charge in [-0.3, -0.25) is 4.90 Å². The highest BCUT2D eigenvalue weighted by molar-refractivity contribution is 5.20. The second kappa shape index (κ2) is 9.96. The Hall–Kier alpha value is -2.57. The minimum atomic E-state index is -0.261. The van der Waals surface area contributed by atoms with Gasteiger partial charge in [-0.15, -0.1) is 0 Å². The zero-order chi connectivity index (χ0) is 20.8. The Morgan fingerprint density at radius 3 is 2.57 bits per heavy atom. The molecule has 5 nitrogen and oxygen atoms in total. The molecule has 1 aromatic heterocycles. The fourth-order valence-corrected chi connectivity index (χ4v) is 4.12. The molecule has 1 unspecified atom stereocenters. The Bertz CT molecular complexity index is 923. The maximum Gasteiger partial charge on any atom is 0.240 e. The molecule has 0 bridgehead atoms. The highest BCUT2D eigenvalue weighted by atomic mass is 19.1. The molecule has 1 fully saturated rings. The van der Waals surface area contributed by atoms with E-state index in [0.29, 0.717) is 36.2 Å². The van der Waals surface area contributed by atoms with Gasteiger partial charge in [0.1, 0.15) is 5.82 Å². The molecule has 0 radical (unpaired) electrons. The summed E-state index contributed by atoms with van der Waals surface area (Å²) >= 11 is 0. The van der Waals surface area contributed by atoms with Crippen molar-refractivity contribution in [2.24, 2.45) is 5.92 Å². The molecule has 0 amide bonds. The lowest BCUT2D eigenvalue weighted by Crippen LogP contribution is -2.37. The summed E-state index contributed by atoms with van der Waals surface area (Å²) < 4.78 is 19.2. The Morgan fingerprint density at radius 2 is 1.80 bits per heavy atom. The molecule has 2 aromatic carbocycles. The smallest absolute Gasteiger partial charge is 0.240 e. The first-order valence-corrected chi connectivity index (χ1v) is 10.7. The van der Waals surface area contributed by atoms with E-state index in [0.717, 1.165) is 38.8 Å². The zero-order valence-corrected chi connectivity index (χ0v) is 17.1. The van der Waals surface area contributed by atoms with Crippen molar-refractivity contribution in [3.05, 3.63) is 83.3 Å². The minimum Gasteiger partial charge on any atom is -0.393 e. The zero-order valence-electron chi connectivity index (χ0n) is 17.1. The number of piperidine rings is 1. The third-order valence-corrected chi connectivity index (χ3v) is 5.92. The van der Waals surface area contributed by atoms with Gasteiger partial charge in [0.05, 0.1) is 12.6 Å². The largest absolute Gasteiger partial charge is 0.393 e. The Kier molecular flexibility index (Phi) is 6.87. The van der Waals surface area contributed by atoms with Crippen molar-refractivity contribution in [2.45, 2.75) is 44.8 Å². The van der Waals surface area contributed by atoms with Crippen LogP contribution in [0.3, 0.4) is 0 Å². The Balaban J connectivity index is 1.22. The van der Waals surface area contributed by atoms with Crippen molar-refractivity contribution in [3.63, 3.8) is 0 Å². The number of hydrogen-bond donors (Lipinski definition) is 1. The number of benzene rings is 2. The molecule has 0 spiro atoms. The van der Waals surface area contributed by atoms with E-state index in [1.165, 1.54) is 11.6 Å². The van der Waals surface area contributed by atoms with Crippen molar-refractivity contribution in [1.82, 2.24) is 15.0 Å². The second-order valence-electron chi connectivity index (χ2n) is 8.08. The second-order valence-corrected chi connectivity index (χ2v) is 8.08. The molecule has 3 aromatic rings. The molecule has 1 atom stereocenters. The van der Waals surface area contributed by atoms with Crippen LogP contribution in [0.4, 0.5) is 4.39 Å². The van der Waals surface area contributed by atoms with Crippen molar-refractivity contribution in [2.75, 3.05) is 13.1 Å². The van der Waals surface area contributed by atoms with E-state index in [1.807, 2.05) is 18.2 Å². The van der Waals surface area contributed by atoms with E-state index in [-0.39, 0.29) is 11.9 Å². The summed E-state index contributed by atoms with van der Waals surface area (Å²) in [5.41, 5.74) is 1.84. The SMILES string of the molecule is OC(CCc1ccccc1)C1CCN(Cc2nc(Cc3ccccc3F)no2)CC1. The lowest BCUT2D eigenvalue weighted by Gasteiger charge is -2.33. The van der Waals surface area contributed by atoms with Gasteiger partial charge in [0.2, 0.25) is 5.89 Å². The van der Waals surface area contributed by atoms with Crippen LogP contribution in [-0.4, -0.2) is 39.3 Å². The predicted octanol–water partition coefficient (Wildman–Crippen LogP) is 4.01. The highest BCUT2D eigenvalue weighted by Gasteiger charge is 2.26. The van der Waals surface area contributed by atoms with Crippen LogP contribution in [0.25, 0.3) is 0 Å². The van der Waals surface area contributed by atoms with Crippen LogP contribution < -0.4 is 0 Å². The van der Waals surface area contributed by atoms with E-state index < -0.39 is 0 Å². The highest BCUT2D eigenvalue weighted by Crippen LogP contribution is 2.24. The van der Waals surface area contributed by atoms with Gasteiger partial charge in [0.25, 0.3) is 0 Å². The molecule has 1 saturated heterocycles. The van der Waals surface area contributed by atoms with Crippen LogP contribution in [0.15, 0.2) is 59.1 Å². The van der Waals surface area contributed by atoms with Gasteiger partial charge in [-0.05, 0) is 61.9 Å². The predicted molar refractivity (Wildman–Crippen MR) is 112 cm³/mol. The van der Waals surface area contributed by atoms with Gasteiger partial charge in [-0.2, -0.15) is 4.98 Å². The lowest BCUT2D eigenvalue weighted by molar-refractivity contribution is 0.0492. The molecule has 1 aliphatic rings. The minimum absolute atomic E-state index is 0.253. The molecule has 30 heavy (non-hydrogen) atoms. The van der Waals surface area contributed by atoms with E-state index in [9.17, 15) is 9.50 Å². The average Bonchev–Trinajstić information content (AvgIpc) is 3.22. The molecule has 1 aliphatic heterocycles. The number of aryl methyl sites for hydroxylation is 1. The van der Waals surface area contributed by atoms with Crippen LogP contribution in [0.5, 0.6) is 0 Å². The number of aliphatic hydroxyl groups is 1. The van der Waals surface area contributed by atoms with Crippen molar-refractivity contribution in [3.8, 4) is 0 Å². The maximum absolute atomic E-state index is 13.8. The van der Waals surface area contributed by atoms with Crippen molar-refractivity contribution in [1.29, 1.82) is 0 Å². The lowest BCUT2D eigenvalue weighted by atomic mass is 9.88. The Labute approximate surface area is 176 Å². The quantitative estimate of drug-likeness (QED) is 0.609. The van der Waals surface area contributed by atoms with Crippen molar-refractivity contribution >= 4 is 0 Å². The first-order chi connectivity index (χ1) is 14.7. The molecule has 4 rings (SSSR count). The third-order valence-electron chi connectivity index (χ3n) is 5.92. The number of likely N-dealkylation sites (tertiary alicyclic amines) is 1. The topological polar surface area (TPSA) is 62.4 Å². The number of halogens is 1. The van der Waals surface area contributed by atoms with E-state index in [1.54, 1.807) is 18.2 Å². The van der Waals surface area contributed by atoms with Gasteiger partial charge < -0.3 is 9.63 Å². The standard InChI is InChI=1S/C24H28FN3O2/c25-21-9-5-4-8-20(21)16-23-26-24(30-27-23)17-28-14-12-19(13-15-28)22(29)11-10-18-6-2-1-3-7-18/h1-9,19,22,29H,10-17H2. The summed E-state index contributed by atoms with van der Waals surface area (Å²) in [6, 6.07) is 17.0. The fraction of sp³-hybridized carbons (Fsp3) is 0.417. The van der Waals surface area contributed by atoms with E-state index >= 15 is 0 Å². The molecule has 6 heteroatoms. The van der Waals surface area contributed by atoms with Gasteiger partial charge in [-0.25, -0.2) is 4.39 Å². The van der Waals surface area contributed by atoms with Crippen LogP contribution in [0.2, 0.25) is 0 Å². The Morgan fingerprint density at radius 1 is 1.07 bits per heavy atom. The van der Waals surface area contributed by atoms with Crippen LogP contribution in [-0.2, 0) is 19.4 Å². The normalized spacial score (nSPS) is 16.6. The molecule has 1 N–H and O–H groups in total. The van der Waals surface area contributed by atoms with Gasteiger partial charge >= 0.3 is 0 Å². The first kappa shape index (κ1) is 20.7. The summed E-state index contributed by atoms with van der Waals surface area (Å²) in [6.07, 6.45) is 3.71. The van der Waals surface area contributed by atoms with E-state index in [4.69, 9.17) is 4.52 Å². The molecule has 0 saturated carbocycles. The molecular weight excluding hydrogens is 381 g/mol. The van der Waals surface area contributed by atoms with Gasteiger partial charge in [0, 0.05) is 6.42 Å². The summed E-state index contributed by atoms with van der Waals surface area (Å²) in [6.45, 7) is 2.40. The monoisotopic (exact) mass is 409 g/mol. The molecule has 158 valence electrons. The number of hydrogen-bond acceptors (Lipinski definition) is 5. The molecular formula is C24H28FN3O2. The number of rotatable bonds is 8. The van der Waals surface area contributed by atoms with Crippen LogP contribution in [0.1, 0.15) is 42.1 Å². The van der Waals surface area contributed by atoms with E-state index in [2.05, 4.69) is 27.2 Å². The molecule has 2 heterocycles. The summed E-state index contributed by atoms with van der Waals surface area (Å²) in [5, 5.41) is 14.6. The number of aliphatic hydroxyl groups excluding tert-OH is 1. The summed E-state index contributed by atoms with van der Waals surface area (Å²) in [4.78, 5) is 6.70. The van der Waals surface area contributed by atoms with Crippen LogP contribution in [0, 0.1) is 11.7 Å². The number of nitrogens with zero attached hydrogens (tertiary/aromatic N) is 3. The van der Waals surface area contributed by atoms with Crippen molar-refractivity contribution < 1.29 is 14.0 Å². The van der Waals surface area contributed by atoms with Gasteiger partial charge in [-0.1, -0.05) is 53.7 Å². The average molecular weight is 410 g/mol. The summed E-state index contributed by atoms with van der Waals surface area (Å²) in [7, 11) is 0. The summed E-state index contributed by atoms with van der Waals surface area (Å²) in [5.74, 6) is 1.15. The third kappa shape index (κ3) is 5.52. The van der Waals surface area contributed by atoms with Gasteiger partial charge in [0.15, 0.2) is 5.82 Å². The first-order valence-electron chi connectivity index (χ1n) is 10.7.